The van der Waals surface area contributed by atoms with Crippen LogP contribution in [0.1, 0.15) is 33.9 Å². The standard InChI is InChI=1S/C20H24N2O6/c1-9-7-11(3)21-13(5)17(9)27-19(25)15(23)16(24)20(26)28-18-10(2)8-12(4)22-14(18)6/h7-8,15-16,23-24H,1-6H3. The van der Waals surface area contributed by atoms with Gasteiger partial charge >= 0.3 is 11.9 Å². The molecule has 2 aromatic heterocycles. The average Bonchev–Trinajstić information content (AvgIpc) is 2.59. The summed E-state index contributed by atoms with van der Waals surface area (Å²) in [4.78, 5) is 32.8. The van der Waals surface area contributed by atoms with Crippen LogP contribution in [0, 0.1) is 41.5 Å². The first-order chi connectivity index (χ1) is 13.0. The molecule has 0 aliphatic carbocycles. The number of carbonyl (C=O) groups is 2. The van der Waals surface area contributed by atoms with Crippen LogP contribution < -0.4 is 9.47 Å². The molecular weight excluding hydrogens is 364 g/mol. The Hall–Kier alpha value is -2.84. The summed E-state index contributed by atoms with van der Waals surface area (Å²) < 4.78 is 10.3. The molecule has 0 aliphatic rings. The molecule has 0 saturated heterocycles. The van der Waals surface area contributed by atoms with Crippen LogP contribution in [-0.2, 0) is 9.59 Å². The molecule has 0 radical (unpaired) electrons. The van der Waals surface area contributed by atoms with E-state index in [1.165, 1.54) is 0 Å². The summed E-state index contributed by atoms with van der Waals surface area (Å²) in [6, 6.07) is 3.42. The number of pyridine rings is 2. The molecule has 0 saturated carbocycles. The molecule has 2 aromatic rings. The third-order valence-electron chi connectivity index (χ3n) is 4.10. The molecule has 150 valence electrons. The van der Waals surface area contributed by atoms with Crippen molar-refractivity contribution in [3.63, 3.8) is 0 Å². The highest BCUT2D eigenvalue weighted by Gasteiger charge is 2.34. The largest absolute Gasteiger partial charge is 0.422 e. The summed E-state index contributed by atoms with van der Waals surface area (Å²) in [5.74, 6) is -2.03. The van der Waals surface area contributed by atoms with Gasteiger partial charge in [-0.3, -0.25) is 9.97 Å². The molecule has 8 nitrogen and oxygen atoms in total. The van der Waals surface area contributed by atoms with Gasteiger partial charge < -0.3 is 19.7 Å². The van der Waals surface area contributed by atoms with Gasteiger partial charge in [0.15, 0.2) is 23.7 Å². The number of aromatic nitrogens is 2. The second-order valence-corrected chi connectivity index (χ2v) is 6.72. The summed E-state index contributed by atoms with van der Waals surface area (Å²) in [6.07, 6.45) is -4.24. The SMILES string of the molecule is Cc1cc(C)c(OC(=O)C(O)C(O)C(=O)Oc2c(C)cc(C)nc2C)c(C)n1. The van der Waals surface area contributed by atoms with Crippen molar-refractivity contribution in [2.75, 3.05) is 0 Å². The van der Waals surface area contributed by atoms with Gasteiger partial charge in [0, 0.05) is 11.4 Å². The maximum atomic E-state index is 12.2. The predicted molar refractivity (Wildman–Crippen MR) is 100 cm³/mol. The monoisotopic (exact) mass is 388 g/mol. The second-order valence-electron chi connectivity index (χ2n) is 6.72. The van der Waals surface area contributed by atoms with Crippen molar-refractivity contribution < 1.29 is 29.3 Å². The fourth-order valence-corrected chi connectivity index (χ4v) is 2.91. The molecule has 2 unspecified atom stereocenters. The Morgan fingerprint density at radius 1 is 0.750 bits per heavy atom. The molecule has 2 rings (SSSR count). The van der Waals surface area contributed by atoms with E-state index in [1.807, 2.05) is 0 Å². The highest BCUT2D eigenvalue weighted by molar-refractivity contribution is 5.87. The molecule has 28 heavy (non-hydrogen) atoms. The van der Waals surface area contributed by atoms with Crippen molar-refractivity contribution in [2.24, 2.45) is 0 Å². The fourth-order valence-electron chi connectivity index (χ4n) is 2.91. The number of aliphatic hydroxyl groups excluding tert-OH is 2. The van der Waals surface area contributed by atoms with Gasteiger partial charge in [-0.25, -0.2) is 9.59 Å². The Labute approximate surface area is 163 Å². The Morgan fingerprint density at radius 3 is 1.36 bits per heavy atom. The highest BCUT2D eigenvalue weighted by atomic mass is 16.6. The predicted octanol–water partition coefficient (Wildman–Crippen LogP) is 1.56. The minimum atomic E-state index is -2.12. The number of carbonyl (C=O) groups excluding carboxylic acids is 2. The van der Waals surface area contributed by atoms with Gasteiger partial charge in [0.25, 0.3) is 0 Å². The molecule has 2 heterocycles. The number of esters is 2. The van der Waals surface area contributed by atoms with Crippen molar-refractivity contribution in [1.29, 1.82) is 0 Å². The minimum Gasteiger partial charge on any atom is -0.422 e. The summed E-state index contributed by atoms with van der Waals surface area (Å²) in [5.41, 5.74) is 3.67. The van der Waals surface area contributed by atoms with Crippen molar-refractivity contribution in [1.82, 2.24) is 9.97 Å². The molecule has 0 amide bonds. The van der Waals surface area contributed by atoms with Crippen molar-refractivity contribution in [3.05, 3.63) is 46.0 Å². The number of hydrogen-bond donors (Lipinski definition) is 2. The lowest BCUT2D eigenvalue weighted by Crippen LogP contribution is -2.44. The van der Waals surface area contributed by atoms with E-state index in [-0.39, 0.29) is 11.5 Å². The van der Waals surface area contributed by atoms with E-state index >= 15 is 0 Å². The van der Waals surface area contributed by atoms with E-state index in [1.54, 1.807) is 53.7 Å². The normalized spacial score (nSPS) is 13.0. The van der Waals surface area contributed by atoms with E-state index in [9.17, 15) is 19.8 Å². The lowest BCUT2D eigenvalue weighted by molar-refractivity contribution is -0.162. The van der Waals surface area contributed by atoms with Gasteiger partial charge in [0.2, 0.25) is 0 Å². The topological polar surface area (TPSA) is 119 Å². The highest BCUT2D eigenvalue weighted by Crippen LogP contribution is 2.24. The van der Waals surface area contributed by atoms with E-state index in [4.69, 9.17) is 9.47 Å². The van der Waals surface area contributed by atoms with Gasteiger partial charge in [-0.2, -0.15) is 0 Å². The van der Waals surface area contributed by atoms with E-state index in [0.29, 0.717) is 22.5 Å². The van der Waals surface area contributed by atoms with Crippen LogP contribution in [0.15, 0.2) is 12.1 Å². The molecular formula is C20H24N2O6. The zero-order valence-electron chi connectivity index (χ0n) is 16.7. The number of ether oxygens (including phenoxy) is 2. The maximum Gasteiger partial charge on any atom is 0.343 e. The second kappa shape index (κ2) is 8.45. The van der Waals surface area contributed by atoms with Gasteiger partial charge in [-0.1, -0.05) is 0 Å². The first-order valence-corrected chi connectivity index (χ1v) is 8.70. The Balaban J connectivity index is 2.12. The number of aliphatic hydroxyl groups is 2. The third-order valence-corrected chi connectivity index (χ3v) is 4.10. The molecule has 0 fully saturated rings. The molecule has 0 spiro atoms. The Kier molecular flexibility index (Phi) is 6.48. The summed E-state index contributed by atoms with van der Waals surface area (Å²) in [6.45, 7) is 10.3. The average molecular weight is 388 g/mol. The summed E-state index contributed by atoms with van der Waals surface area (Å²) >= 11 is 0. The van der Waals surface area contributed by atoms with Gasteiger partial charge in [0.05, 0.1) is 11.4 Å². The molecule has 2 atom stereocenters. The van der Waals surface area contributed by atoms with Crippen LogP contribution >= 0.6 is 0 Å². The van der Waals surface area contributed by atoms with Crippen LogP contribution in [0.2, 0.25) is 0 Å². The van der Waals surface area contributed by atoms with Crippen molar-refractivity contribution in [3.8, 4) is 11.5 Å². The van der Waals surface area contributed by atoms with Gasteiger partial charge in [0.1, 0.15) is 0 Å². The number of aryl methyl sites for hydroxylation is 6. The Morgan fingerprint density at radius 2 is 1.07 bits per heavy atom. The number of nitrogens with zero attached hydrogens (tertiary/aromatic N) is 2. The van der Waals surface area contributed by atoms with Crippen LogP contribution in [-0.4, -0.2) is 44.3 Å². The number of rotatable bonds is 5. The lowest BCUT2D eigenvalue weighted by Gasteiger charge is -2.18. The van der Waals surface area contributed by atoms with E-state index in [0.717, 1.165) is 11.4 Å². The van der Waals surface area contributed by atoms with Crippen molar-refractivity contribution >= 4 is 11.9 Å². The van der Waals surface area contributed by atoms with Crippen LogP contribution in [0.3, 0.4) is 0 Å². The van der Waals surface area contributed by atoms with Crippen LogP contribution in [0.5, 0.6) is 11.5 Å². The summed E-state index contributed by atoms with van der Waals surface area (Å²) in [5, 5.41) is 20.1. The first kappa shape index (κ1) is 21.5. The van der Waals surface area contributed by atoms with Gasteiger partial charge in [-0.05, 0) is 64.8 Å². The molecule has 8 heteroatoms. The van der Waals surface area contributed by atoms with Crippen LogP contribution in [0.25, 0.3) is 0 Å². The number of hydrogen-bond acceptors (Lipinski definition) is 8. The quantitative estimate of drug-likeness (QED) is 0.741. The van der Waals surface area contributed by atoms with E-state index in [2.05, 4.69) is 9.97 Å². The fraction of sp³-hybridized carbons (Fsp3) is 0.400. The minimum absolute atomic E-state index is 0.171. The molecule has 2 N–H and O–H groups in total. The zero-order chi connectivity index (χ0) is 21.2. The van der Waals surface area contributed by atoms with Crippen molar-refractivity contribution in [2.45, 2.75) is 53.8 Å². The maximum absolute atomic E-state index is 12.2. The third kappa shape index (κ3) is 4.71. The lowest BCUT2D eigenvalue weighted by atomic mass is 10.1. The van der Waals surface area contributed by atoms with Crippen LogP contribution in [0.4, 0.5) is 0 Å². The zero-order valence-corrected chi connectivity index (χ0v) is 16.7. The molecule has 0 aliphatic heterocycles. The van der Waals surface area contributed by atoms with E-state index < -0.39 is 24.1 Å². The van der Waals surface area contributed by atoms with Gasteiger partial charge in [-0.15, -0.1) is 0 Å². The molecule has 0 aromatic carbocycles. The first-order valence-electron chi connectivity index (χ1n) is 8.70. The summed E-state index contributed by atoms with van der Waals surface area (Å²) in [7, 11) is 0. The molecule has 0 bridgehead atoms. The Bertz CT molecular complexity index is 803. The smallest absolute Gasteiger partial charge is 0.343 e.